The molecule has 4 heteroatoms. The van der Waals surface area contributed by atoms with E-state index in [1.165, 1.54) is 16.7 Å². The van der Waals surface area contributed by atoms with Gasteiger partial charge in [-0.25, -0.2) is 9.98 Å². The van der Waals surface area contributed by atoms with Gasteiger partial charge in [-0.05, 0) is 57.1 Å². The summed E-state index contributed by atoms with van der Waals surface area (Å²) in [5.41, 5.74) is 11.6. The Morgan fingerprint density at radius 1 is 0.449 bits per heavy atom. The second-order valence-electron chi connectivity index (χ2n) is 12.2. The molecule has 1 N–H and O–H groups in total. The summed E-state index contributed by atoms with van der Waals surface area (Å²) in [6.07, 6.45) is -0.353. The van der Waals surface area contributed by atoms with E-state index in [2.05, 4.69) is 139 Å². The van der Waals surface area contributed by atoms with Crippen molar-refractivity contribution in [2.24, 2.45) is 9.98 Å². The molecule has 0 saturated heterocycles. The van der Waals surface area contributed by atoms with E-state index in [1.807, 2.05) is 42.5 Å². The molecule has 4 nitrogen and oxygen atoms in total. The van der Waals surface area contributed by atoms with Gasteiger partial charge in [0.15, 0.2) is 5.84 Å². The predicted octanol–water partition coefficient (Wildman–Crippen LogP) is 11.1. The van der Waals surface area contributed by atoms with Crippen LogP contribution in [0.15, 0.2) is 190 Å². The molecular weight excluding hydrogens is 599 g/mol. The van der Waals surface area contributed by atoms with Crippen LogP contribution < -0.4 is 5.32 Å². The molecule has 0 fully saturated rings. The summed E-state index contributed by atoms with van der Waals surface area (Å²) in [6, 6.07) is 61.0. The first kappa shape index (κ1) is 28.7. The van der Waals surface area contributed by atoms with Gasteiger partial charge in [-0.2, -0.15) is 0 Å². The molecule has 2 heterocycles. The Morgan fingerprint density at radius 2 is 0.980 bits per heavy atom. The van der Waals surface area contributed by atoms with Crippen LogP contribution in [0.5, 0.6) is 0 Å². The average Bonchev–Trinajstić information content (AvgIpc) is 3.57. The third-order valence-corrected chi connectivity index (χ3v) is 9.19. The first-order chi connectivity index (χ1) is 24.3. The number of furan rings is 1. The maximum absolute atomic E-state index is 6.37. The first-order valence-electron chi connectivity index (χ1n) is 16.5. The molecule has 8 aromatic rings. The molecule has 1 atom stereocenters. The third kappa shape index (κ3) is 5.39. The standard InChI is InChI=1S/C45H31N3O/c1-4-12-30(13-5-1)31-20-22-32(23-21-31)33-24-26-36(27-25-33)44-46-43(35-16-8-3-9-17-35)47-45(48-44)42-37(34-14-6-2-7-15-34)28-29-40-41(42)38-18-10-11-19-39(38)49-40/h1-29,44H,(H,46,47,48). The lowest BCUT2D eigenvalue weighted by atomic mass is 9.94. The molecule has 1 aliphatic heterocycles. The fourth-order valence-corrected chi connectivity index (χ4v) is 6.72. The zero-order chi connectivity index (χ0) is 32.6. The van der Waals surface area contributed by atoms with Gasteiger partial charge in [0, 0.05) is 21.9 Å². The van der Waals surface area contributed by atoms with Crippen molar-refractivity contribution in [1.82, 2.24) is 5.32 Å². The molecule has 1 aliphatic rings. The number of rotatable bonds is 6. The Morgan fingerprint density at radius 3 is 1.63 bits per heavy atom. The Bertz CT molecular complexity index is 2480. The van der Waals surface area contributed by atoms with Gasteiger partial charge in [0.2, 0.25) is 0 Å². The highest BCUT2D eigenvalue weighted by Crippen LogP contribution is 2.39. The minimum atomic E-state index is -0.353. The lowest BCUT2D eigenvalue weighted by Crippen LogP contribution is -2.33. The van der Waals surface area contributed by atoms with Crippen molar-refractivity contribution >= 4 is 33.6 Å². The Hall–Kier alpha value is -6.52. The topological polar surface area (TPSA) is 49.9 Å². The van der Waals surface area contributed by atoms with Gasteiger partial charge in [-0.3, -0.25) is 0 Å². The summed E-state index contributed by atoms with van der Waals surface area (Å²) in [5.74, 6) is 1.44. The molecule has 0 saturated carbocycles. The fraction of sp³-hybridized carbons (Fsp3) is 0.0222. The van der Waals surface area contributed by atoms with Crippen LogP contribution in [0.25, 0.3) is 55.3 Å². The van der Waals surface area contributed by atoms with Crippen molar-refractivity contribution in [2.75, 3.05) is 0 Å². The van der Waals surface area contributed by atoms with E-state index >= 15 is 0 Å². The van der Waals surface area contributed by atoms with Crippen LogP contribution in [0.2, 0.25) is 0 Å². The number of para-hydroxylation sites is 1. The lowest BCUT2D eigenvalue weighted by Gasteiger charge is -2.25. The summed E-state index contributed by atoms with van der Waals surface area (Å²) in [7, 11) is 0. The van der Waals surface area contributed by atoms with Gasteiger partial charge < -0.3 is 9.73 Å². The van der Waals surface area contributed by atoms with E-state index in [9.17, 15) is 0 Å². The molecule has 0 aliphatic carbocycles. The summed E-state index contributed by atoms with van der Waals surface area (Å²) < 4.78 is 6.37. The van der Waals surface area contributed by atoms with E-state index in [4.69, 9.17) is 14.4 Å². The van der Waals surface area contributed by atoms with Gasteiger partial charge in [-0.1, -0.05) is 158 Å². The molecule has 232 valence electrons. The first-order valence-corrected chi connectivity index (χ1v) is 16.5. The van der Waals surface area contributed by atoms with E-state index in [0.717, 1.165) is 61.2 Å². The molecule has 1 unspecified atom stereocenters. The quantitative estimate of drug-likeness (QED) is 0.199. The van der Waals surface area contributed by atoms with Crippen LogP contribution in [0.4, 0.5) is 0 Å². The van der Waals surface area contributed by atoms with Crippen LogP contribution in [-0.2, 0) is 0 Å². The number of fused-ring (bicyclic) bond motifs is 3. The highest BCUT2D eigenvalue weighted by molar-refractivity contribution is 6.24. The van der Waals surface area contributed by atoms with E-state index in [0.29, 0.717) is 5.84 Å². The van der Waals surface area contributed by atoms with Crippen LogP contribution in [0.3, 0.4) is 0 Å². The maximum atomic E-state index is 6.37. The minimum absolute atomic E-state index is 0.353. The van der Waals surface area contributed by atoms with Crippen molar-refractivity contribution < 1.29 is 4.42 Å². The molecule has 0 amide bonds. The molecule has 0 radical (unpaired) electrons. The van der Waals surface area contributed by atoms with Crippen LogP contribution in [-0.4, -0.2) is 11.7 Å². The largest absolute Gasteiger partial charge is 0.456 e. The van der Waals surface area contributed by atoms with Crippen molar-refractivity contribution in [1.29, 1.82) is 0 Å². The fourth-order valence-electron chi connectivity index (χ4n) is 6.72. The predicted molar refractivity (Wildman–Crippen MR) is 202 cm³/mol. The van der Waals surface area contributed by atoms with E-state index in [1.54, 1.807) is 0 Å². The second-order valence-corrected chi connectivity index (χ2v) is 12.2. The number of amidine groups is 2. The third-order valence-electron chi connectivity index (χ3n) is 9.19. The minimum Gasteiger partial charge on any atom is -0.456 e. The molecule has 0 spiro atoms. The highest BCUT2D eigenvalue weighted by atomic mass is 16.3. The number of nitrogens with one attached hydrogen (secondary N) is 1. The molecular formula is C45H31N3O. The summed E-state index contributed by atoms with van der Waals surface area (Å²) in [4.78, 5) is 10.6. The van der Waals surface area contributed by atoms with E-state index in [-0.39, 0.29) is 6.17 Å². The second kappa shape index (κ2) is 12.3. The molecule has 0 bridgehead atoms. The van der Waals surface area contributed by atoms with Crippen molar-refractivity contribution in [3.63, 3.8) is 0 Å². The number of aliphatic imine (C=N–C) groups is 2. The van der Waals surface area contributed by atoms with Crippen molar-refractivity contribution in [3.8, 4) is 33.4 Å². The van der Waals surface area contributed by atoms with E-state index < -0.39 is 0 Å². The molecule has 7 aromatic carbocycles. The van der Waals surface area contributed by atoms with Gasteiger partial charge in [-0.15, -0.1) is 0 Å². The number of nitrogens with zero attached hydrogens (tertiary/aromatic N) is 2. The SMILES string of the molecule is c1ccc(C2=NC(c3c(-c4ccccc4)ccc4oc5ccccc5c34)=NC(c3ccc(-c4ccc(-c5ccccc5)cc4)cc3)N2)cc1. The van der Waals surface area contributed by atoms with Crippen LogP contribution in [0, 0.1) is 0 Å². The number of benzene rings is 7. The van der Waals surface area contributed by atoms with Crippen LogP contribution >= 0.6 is 0 Å². The molecule has 1 aromatic heterocycles. The smallest absolute Gasteiger partial charge is 0.160 e. The molecule has 49 heavy (non-hydrogen) atoms. The zero-order valence-corrected chi connectivity index (χ0v) is 26.6. The summed E-state index contributed by atoms with van der Waals surface area (Å²) in [6.45, 7) is 0. The highest BCUT2D eigenvalue weighted by Gasteiger charge is 2.26. The van der Waals surface area contributed by atoms with Gasteiger partial charge in [0.05, 0.1) is 0 Å². The van der Waals surface area contributed by atoms with Crippen molar-refractivity contribution in [3.05, 3.63) is 193 Å². The lowest BCUT2D eigenvalue weighted by molar-refractivity contribution is 0.668. The van der Waals surface area contributed by atoms with Gasteiger partial charge in [0.1, 0.15) is 23.2 Å². The number of hydrogen-bond acceptors (Lipinski definition) is 4. The average molecular weight is 630 g/mol. The van der Waals surface area contributed by atoms with Crippen LogP contribution in [0.1, 0.15) is 22.9 Å². The molecule has 9 rings (SSSR count). The normalized spacial score (nSPS) is 14.3. The van der Waals surface area contributed by atoms with Crippen molar-refractivity contribution in [2.45, 2.75) is 6.17 Å². The monoisotopic (exact) mass is 629 g/mol. The maximum Gasteiger partial charge on any atom is 0.160 e. The summed E-state index contributed by atoms with van der Waals surface area (Å²) >= 11 is 0. The number of hydrogen-bond donors (Lipinski definition) is 1. The Labute approximate surface area is 284 Å². The Balaban J connectivity index is 1.17. The van der Waals surface area contributed by atoms with Gasteiger partial charge in [0.25, 0.3) is 0 Å². The van der Waals surface area contributed by atoms with Gasteiger partial charge >= 0.3 is 0 Å². The summed E-state index contributed by atoms with van der Waals surface area (Å²) in [5, 5.41) is 5.71. The Kier molecular flexibility index (Phi) is 7.17. The zero-order valence-electron chi connectivity index (χ0n) is 26.6.